The van der Waals surface area contributed by atoms with Crippen molar-refractivity contribution >= 4 is 11.6 Å². The molecule has 1 aliphatic heterocycles. The number of ether oxygens (including phenoxy) is 2. The lowest BCUT2D eigenvalue weighted by Crippen LogP contribution is -2.46. The number of nitrogens with two attached hydrogens (primary N) is 1. The summed E-state index contributed by atoms with van der Waals surface area (Å²) in [7, 11) is 1.72. The third kappa shape index (κ3) is 3.27. The maximum atomic E-state index is 6.37. The molecule has 1 aromatic rings. The number of hydrogen-bond donors (Lipinski definition) is 1. The number of rotatable bonds is 4. The summed E-state index contributed by atoms with van der Waals surface area (Å²) in [5, 5.41) is 0.751. The van der Waals surface area contributed by atoms with Gasteiger partial charge in [-0.25, -0.2) is 0 Å². The van der Waals surface area contributed by atoms with E-state index < -0.39 is 0 Å². The minimum Gasteiger partial charge on any atom is -0.493 e. The molecule has 0 radical (unpaired) electrons. The van der Waals surface area contributed by atoms with Crippen LogP contribution in [0.3, 0.4) is 0 Å². The van der Waals surface area contributed by atoms with E-state index in [1.807, 2.05) is 12.1 Å². The van der Waals surface area contributed by atoms with Gasteiger partial charge in [0.2, 0.25) is 0 Å². The van der Waals surface area contributed by atoms with Gasteiger partial charge in [-0.3, -0.25) is 0 Å². The van der Waals surface area contributed by atoms with Crippen molar-refractivity contribution in [2.24, 2.45) is 11.1 Å². The predicted octanol–water partition coefficient (Wildman–Crippen LogP) is 3.21. The van der Waals surface area contributed by atoms with Crippen LogP contribution in [0.2, 0.25) is 5.02 Å². The summed E-state index contributed by atoms with van der Waals surface area (Å²) in [4.78, 5) is 0. The number of methoxy groups -OCH3 is 1. The zero-order chi connectivity index (χ0) is 14.9. The Labute approximate surface area is 126 Å². The monoisotopic (exact) mass is 297 g/mol. The second-order valence-electron chi connectivity index (χ2n) is 6.54. The van der Waals surface area contributed by atoms with Crippen molar-refractivity contribution in [3.05, 3.63) is 28.3 Å². The molecule has 0 bridgehead atoms. The zero-order valence-electron chi connectivity index (χ0n) is 12.7. The Morgan fingerprint density at radius 2 is 2.10 bits per heavy atom. The van der Waals surface area contributed by atoms with Crippen molar-refractivity contribution in [2.45, 2.75) is 45.8 Å². The van der Waals surface area contributed by atoms with Crippen LogP contribution < -0.4 is 10.5 Å². The van der Waals surface area contributed by atoms with Crippen LogP contribution in [0.15, 0.2) is 12.1 Å². The molecule has 0 fully saturated rings. The molecule has 0 saturated carbocycles. The molecule has 2 N–H and O–H groups in total. The van der Waals surface area contributed by atoms with E-state index in [2.05, 4.69) is 20.8 Å². The van der Waals surface area contributed by atoms with Crippen LogP contribution in [0.25, 0.3) is 0 Å². The molecule has 3 nitrogen and oxygen atoms in total. The second-order valence-corrected chi connectivity index (χ2v) is 6.98. The average Bonchev–Trinajstić information content (AvgIpc) is 2.75. The first-order valence-corrected chi connectivity index (χ1v) is 7.43. The fraction of sp³-hybridized carbons (Fsp3) is 0.625. The van der Waals surface area contributed by atoms with E-state index in [0.717, 1.165) is 29.4 Å². The quantitative estimate of drug-likeness (QED) is 0.928. The Balaban J connectivity index is 2.22. The Hall–Kier alpha value is -0.770. The third-order valence-corrected chi connectivity index (χ3v) is 4.00. The average molecular weight is 298 g/mol. The van der Waals surface area contributed by atoms with E-state index >= 15 is 0 Å². The van der Waals surface area contributed by atoms with Crippen LogP contribution in [-0.4, -0.2) is 25.9 Å². The molecule has 1 heterocycles. The first kappa shape index (κ1) is 15.6. The Kier molecular flexibility index (Phi) is 4.62. The molecule has 20 heavy (non-hydrogen) atoms. The molecule has 0 spiro atoms. The van der Waals surface area contributed by atoms with E-state index in [1.165, 1.54) is 5.56 Å². The number of halogens is 1. The molecule has 4 heteroatoms. The topological polar surface area (TPSA) is 44.5 Å². The Bertz CT molecular complexity index is 482. The maximum absolute atomic E-state index is 6.37. The first-order chi connectivity index (χ1) is 9.32. The molecular formula is C16H24ClNO2. The van der Waals surface area contributed by atoms with E-state index in [4.69, 9.17) is 26.8 Å². The summed E-state index contributed by atoms with van der Waals surface area (Å²) in [5.74, 6) is 0.966. The summed E-state index contributed by atoms with van der Waals surface area (Å²) in [6.45, 7) is 7.14. The smallest absolute Gasteiger partial charge is 0.125 e. The van der Waals surface area contributed by atoms with Gasteiger partial charge in [0.15, 0.2) is 0 Å². The van der Waals surface area contributed by atoms with E-state index in [0.29, 0.717) is 6.42 Å². The third-order valence-electron chi connectivity index (χ3n) is 3.78. The highest BCUT2D eigenvalue weighted by Crippen LogP contribution is 2.34. The van der Waals surface area contributed by atoms with Gasteiger partial charge in [-0.2, -0.15) is 0 Å². The molecule has 0 aliphatic carbocycles. The Morgan fingerprint density at radius 3 is 2.70 bits per heavy atom. The van der Waals surface area contributed by atoms with Gasteiger partial charge in [-0.15, -0.1) is 0 Å². The van der Waals surface area contributed by atoms with Gasteiger partial charge >= 0.3 is 0 Å². The van der Waals surface area contributed by atoms with Crippen LogP contribution in [0, 0.1) is 5.41 Å². The van der Waals surface area contributed by atoms with Gasteiger partial charge < -0.3 is 15.2 Å². The van der Waals surface area contributed by atoms with Crippen LogP contribution in [0.4, 0.5) is 0 Å². The molecule has 0 saturated heterocycles. The highest BCUT2D eigenvalue weighted by Gasteiger charge is 2.31. The SMILES string of the molecule is COC(C(N)Cc1cc(Cl)cc2c1OCC2)C(C)(C)C. The van der Waals surface area contributed by atoms with Crippen molar-refractivity contribution in [1.82, 2.24) is 0 Å². The van der Waals surface area contributed by atoms with Crippen LogP contribution >= 0.6 is 11.6 Å². The lowest BCUT2D eigenvalue weighted by Gasteiger charge is -2.34. The van der Waals surface area contributed by atoms with E-state index in [9.17, 15) is 0 Å². The lowest BCUT2D eigenvalue weighted by molar-refractivity contribution is -0.00175. The highest BCUT2D eigenvalue weighted by molar-refractivity contribution is 6.30. The zero-order valence-corrected chi connectivity index (χ0v) is 13.5. The molecule has 2 atom stereocenters. The molecule has 1 aliphatic rings. The van der Waals surface area contributed by atoms with Crippen LogP contribution in [0.5, 0.6) is 5.75 Å². The van der Waals surface area contributed by atoms with E-state index in [-0.39, 0.29) is 17.6 Å². The van der Waals surface area contributed by atoms with Crippen molar-refractivity contribution in [3.63, 3.8) is 0 Å². The van der Waals surface area contributed by atoms with Gasteiger partial charge in [-0.1, -0.05) is 32.4 Å². The summed E-state index contributed by atoms with van der Waals surface area (Å²) in [5.41, 5.74) is 8.64. The van der Waals surface area contributed by atoms with Gasteiger partial charge in [0.25, 0.3) is 0 Å². The van der Waals surface area contributed by atoms with Gasteiger partial charge in [-0.05, 0) is 35.1 Å². The first-order valence-electron chi connectivity index (χ1n) is 7.05. The molecule has 0 amide bonds. The minimum atomic E-state index is -0.0910. The largest absolute Gasteiger partial charge is 0.493 e. The van der Waals surface area contributed by atoms with Crippen LogP contribution in [-0.2, 0) is 17.6 Å². The normalized spacial score (nSPS) is 17.5. The number of hydrogen-bond acceptors (Lipinski definition) is 3. The second kappa shape index (κ2) is 5.92. The van der Waals surface area contributed by atoms with Crippen molar-refractivity contribution in [1.29, 1.82) is 0 Å². The predicted molar refractivity (Wildman–Crippen MR) is 82.6 cm³/mol. The molecule has 0 aromatic heterocycles. The molecule has 2 unspecified atom stereocenters. The summed E-state index contributed by atoms with van der Waals surface area (Å²) < 4.78 is 11.3. The summed E-state index contributed by atoms with van der Waals surface area (Å²) in [6.07, 6.45) is 1.61. The standard InChI is InChI=1S/C16H24ClNO2/c1-16(2,3)15(19-4)13(18)9-11-8-12(17)7-10-5-6-20-14(10)11/h7-8,13,15H,5-6,9,18H2,1-4H3. The fourth-order valence-electron chi connectivity index (χ4n) is 3.03. The van der Waals surface area contributed by atoms with Crippen molar-refractivity contribution in [3.8, 4) is 5.75 Å². The van der Waals surface area contributed by atoms with Gasteiger partial charge in [0, 0.05) is 24.6 Å². The minimum absolute atomic E-state index is 0.00320. The van der Waals surface area contributed by atoms with Crippen molar-refractivity contribution < 1.29 is 9.47 Å². The lowest BCUT2D eigenvalue weighted by atomic mass is 9.82. The van der Waals surface area contributed by atoms with Gasteiger partial charge in [0.1, 0.15) is 5.75 Å². The molecule has 1 aromatic carbocycles. The molecular weight excluding hydrogens is 274 g/mol. The van der Waals surface area contributed by atoms with Gasteiger partial charge in [0.05, 0.1) is 12.7 Å². The van der Waals surface area contributed by atoms with Crippen molar-refractivity contribution in [2.75, 3.05) is 13.7 Å². The number of benzene rings is 1. The van der Waals surface area contributed by atoms with Crippen LogP contribution in [0.1, 0.15) is 31.9 Å². The molecule has 2 rings (SSSR count). The molecule has 112 valence electrons. The summed E-state index contributed by atoms with van der Waals surface area (Å²) >= 11 is 6.19. The number of fused-ring (bicyclic) bond motifs is 1. The Morgan fingerprint density at radius 1 is 1.40 bits per heavy atom. The summed E-state index contributed by atoms with van der Waals surface area (Å²) in [6, 6.07) is 3.85. The maximum Gasteiger partial charge on any atom is 0.125 e. The fourth-order valence-corrected chi connectivity index (χ4v) is 3.29. The highest BCUT2D eigenvalue weighted by atomic mass is 35.5. The van der Waals surface area contributed by atoms with E-state index in [1.54, 1.807) is 7.11 Å².